The molecule has 1 aromatic rings. The summed E-state index contributed by atoms with van der Waals surface area (Å²) in [6, 6.07) is 0. The van der Waals surface area contributed by atoms with Gasteiger partial charge >= 0.3 is 0 Å². The van der Waals surface area contributed by atoms with Gasteiger partial charge in [-0.1, -0.05) is 0 Å². The second-order valence-electron chi connectivity index (χ2n) is 5.26. The molecule has 2 saturated heterocycles. The summed E-state index contributed by atoms with van der Waals surface area (Å²) >= 11 is 0. The van der Waals surface area contributed by atoms with Crippen LogP contribution in [0.3, 0.4) is 0 Å². The smallest absolute Gasteiger partial charge is 0.246 e. The van der Waals surface area contributed by atoms with Crippen molar-refractivity contribution in [3.05, 3.63) is 11.4 Å². The maximum Gasteiger partial charge on any atom is 0.246 e. The summed E-state index contributed by atoms with van der Waals surface area (Å²) in [5.74, 6) is 0.930. The molecule has 0 aliphatic carbocycles. The second-order valence-corrected chi connectivity index (χ2v) is 7.14. The van der Waals surface area contributed by atoms with E-state index in [0.29, 0.717) is 41.2 Å². The van der Waals surface area contributed by atoms with E-state index >= 15 is 0 Å². The molecular weight excluding hydrogens is 252 g/mol. The minimum absolute atomic E-state index is 0.357. The molecule has 2 unspecified atom stereocenters. The van der Waals surface area contributed by atoms with Gasteiger partial charge in [-0.05, 0) is 38.8 Å². The van der Waals surface area contributed by atoms with Crippen molar-refractivity contribution >= 4 is 10.0 Å². The zero-order valence-electron chi connectivity index (χ0n) is 10.6. The quantitative estimate of drug-likeness (QED) is 0.784. The van der Waals surface area contributed by atoms with Gasteiger partial charge in [-0.3, -0.25) is 5.10 Å². The van der Waals surface area contributed by atoms with E-state index in [1.165, 1.54) is 0 Å². The number of aryl methyl sites for hydroxylation is 2. The molecular formula is C11H18N4O2S. The number of aromatic amines is 1. The molecule has 100 valence electrons. The van der Waals surface area contributed by atoms with Crippen LogP contribution in [0.15, 0.2) is 4.90 Å². The number of fused-ring (bicyclic) bond motifs is 1. The average molecular weight is 270 g/mol. The van der Waals surface area contributed by atoms with E-state index in [1.54, 1.807) is 18.2 Å². The molecule has 2 fully saturated rings. The predicted octanol–water partition coefficient (Wildman–Crippen LogP) is -0.134. The lowest BCUT2D eigenvalue weighted by molar-refractivity contribution is 0.447. The van der Waals surface area contributed by atoms with E-state index < -0.39 is 10.0 Å². The van der Waals surface area contributed by atoms with Crippen LogP contribution in [-0.4, -0.2) is 49.1 Å². The fourth-order valence-electron chi connectivity index (χ4n) is 3.06. The maximum absolute atomic E-state index is 12.6. The van der Waals surface area contributed by atoms with Gasteiger partial charge < -0.3 is 5.32 Å². The third-order valence-corrected chi connectivity index (χ3v) is 6.11. The number of nitrogens with zero attached hydrogens (tertiary/aromatic N) is 2. The molecule has 7 heteroatoms. The van der Waals surface area contributed by atoms with Crippen LogP contribution in [0.1, 0.15) is 11.4 Å². The second kappa shape index (κ2) is 4.04. The number of H-pyrrole nitrogens is 1. The van der Waals surface area contributed by atoms with Gasteiger partial charge in [0.05, 0.1) is 11.4 Å². The highest BCUT2D eigenvalue weighted by Gasteiger charge is 2.42. The van der Waals surface area contributed by atoms with Crippen LogP contribution in [0, 0.1) is 25.7 Å². The summed E-state index contributed by atoms with van der Waals surface area (Å²) in [4.78, 5) is 0.357. The molecule has 3 heterocycles. The minimum Gasteiger partial charge on any atom is -0.316 e. The van der Waals surface area contributed by atoms with E-state index in [4.69, 9.17) is 0 Å². The van der Waals surface area contributed by atoms with E-state index in [9.17, 15) is 8.42 Å². The molecule has 3 rings (SSSR count). The Morgan fingerprint density at radius 3 is 2.33 bits per heavy atom. The highest BCUT2D eigenvalue weighted by atomic mass is 32.2. The highest BCUT2D eigenvalue weighted by molar-refractivity contribution is 7.89. The Labute approximate surface area is 107 Å². The Bertz CT molecular complexity index is 534. The molecule has 2 aliphatic rings. The first kappa shape index (κ1) is 12.1. The Balaban J connectivity index is 1.92. The first-order valence-corrected chi connectivity index (χ1v) is 7.66. The van der Waals surface area contributed by atoms with Gasteiger partial charge in [0.2, 0.25) is 10.0 Å². The van der Waals surface area contributed by atoms with Crippen molar-refractivity contribution in [2.75, 3.05) is 26.2 Å². The van der Waals surface area contributed by atoms with Crippen molar-refractivity contribution in [3.63, 3.8) is 0 Å². The first-order chi connectivity index (χ1) is 8.50. The van der Waals surface area contributed by atoms with Crippen molar-refractivity contribution in [1.82, 2.24) is 19.8 Å². The van der Waals surface area contributed by atoms with Gasteiger partial charge in [-0.15, -0.1) is 0 Å². The largest absolute Gasteiger partial charge is 0.316 e. The molecule has 0 amide bonds. The SMILES string of the molecule is Cc1n[nH]c(C)c1S(=O)(=O)N1CC2CNCC2C1. The molecule has 2 atom stereocenters. The number of aromatic nitrogens is 2. The zero-order valence-corrected chi connectivity index (χ0v) is 11.4. The lowest BCUT2D eigenvalue weighted by atomic mass is 10.0. The summed E-state index contributed by atoms with van der Waals surface area (Å²) < 4.78 is 26.8. The number of hydrogen-bond acceptors (Lipinski definition) is 4. The van der Waals surface area contributed by atoms with E-state index in [2.05, 4.69) is 15.5 Å². The standard InChI is InChI=1S/C11H18N4O2S/c1-7-11(8(2)14-13-7)18(16,17)15-5-9-3-12-4-10(9)6-15/h9-10,12H,3-6H2,1-2H3,(H,13,14). The zero-order chi connectivity index (χ0) is 12.9. The molecule has 0 bridgehead atoms. The maximum atomic E-state index is 12.6. The Morgan fingerprint density at radius 1 is 1.22 bits per heavy atom. The molecule has 2 aliphatic heterocycles. The summed E-state index contributed by atoms with van der Waals surface area (Å²) in [5, 5.41) is 10.0. The van der Waals surface area contributed by atoms with Gasteiger partial charge in [0, 0.05) is 13.1 Å². The molecule has 2 N–H and O–H groups in total. The third kappa shape index (κ3) is 1.69. The summed E-state index contributed by atoms with van der Waals surface area (Å²) in [6.45, 7) is 6.61. The van der Waals surface area contributed by atoms with Crippen molar-refractivity contribution in [1.29, 1.82) is 0 Å². The number of sulfonamides is 1. The van der Waals surface area contributed by atoms with Crippen LogP contribution in [0.2, 0.25) is 0 Å². The van der Waals surface area contributed by atoms with Crippen LogP contribution in [0.25, 0.3) is 0 Å². The van der Waals surface area contributed by atoms with Crippen LogP contribution in [0.5, 0.6) is 0 Å². The van der Waals surface area contributed by atoms with Gasteiger partial charge in [0.1, 0.15) is 4.90 Å². The Kier molecular flexibility index (Phi) is 2.72. The topological polar surface area (TPSA) is 78.1 Å². The minimum atomic E-state index is -3.39. The van der Waals surface area contributed by atoms with Gasteiger partial charge in [-0.25, -0.2) is 8.42 Å². The van der Waals surface area contributed by atoms with Crippen molar-refractivity contribution in [2.45, 2.75) is 18.7 Å². The Hall–Kier alpha value is -0.920. The number of rotatable bonds is 2. The molecule has 0 radical (unpaired) electrons. The van der Waals surface area contributed by atoms with Crippen LogP contribution < -0.4 is 5.32 Å². The molecule has 6 nitrogen and oxygen atoms in total. The molecule has 0 spiro atoms. The predicted molar refractivity (Wildman–Crippen MR) is 66.7 cm³/mol. The number of hydrogen-bond donors (Lipinski definition) is 2. The Morgan fingerprint density at radius 2 is 1.83 bits per heavy atom. The number of nitrogens with one attached hydrogen (secondary N) is 2. The van der Waals surface area contributed by atoms with Gasteiger partial charge in [0.15, 0.2) is 0 Å². The van der Waals surface area contributed by atoms with Crippen molar-refractivity contribution in [2.24, 2.45) is 11.8 Å². The van der Waals surface area contributed by atoms with E-state index in [-0.39, 0.29) is 0 Å². The molecule has 1 aromatic heterocycles. The average Bonchev–Trinajstić information content (AvgIpc) is 2.91. The first-order valence-electron chi connectivity index (χ1n) is 6.22. The van der Waals surface area contributed by atoms with Crippen LogP contribution in [0.4, 0.5) is 0 Å². The molecule has 0 saturated carbocycles. The van der Waals surface area contributed by atoms with E-state index in [1.807, 2.05) is 0 Å². The van der Waals surface area contributed by atoms with Gasteiger partial charge in [0.25, 0.3) is 0 Å². The molecule has 18 heavy (non-hydrogen) atoms. The van der Waals surface area contributed by atoms with Crippen LogP contribution >= 0.6 is 0 Å². The van der Waals surface area contributed by atoms with E-state index in [0.717, 1.165) is 13.1 Å². The lowest BCUT2D eigenvalue weighted by Gasteiger charge is -2.17. The van der Waals surface area contributed by atoms with Crippen LogP contribution in [-0.2, 0) is 10.0 Å². The summed E-state index contributed by atoms with van der Waals surface area (Å²) in [7, 11) is -3.39. The van der Waals surface area contributed by atoms with Crippen molar-refractivity contribution in [3.8, 4) is 0 Å². The highest BCUT2D eigenvalue weighted by Crippen LogP contribution is 2.32. The fourth-order valence-corrected chi connectivity index (χ4v) is 4.94. The fraction of sp³-hybridized carbons (Fsp3) is 0.727. The van der Waals surface area contributed by atoms with Gasteiger partial charge in [-0.2, -0.15) is 9.40 Å². The lowest BCUT2D eigenvalue weighted by Crippen LogP contribution is -2.32. The van der Waals surface area contributed by atoms with Crippen molar-refractivity contribution < 1.29 is 8.42 Å². The monoisotopic (exact) mass is 270 g/mol. The normalized spacial score (nSPS) is 28.8. The molecule has 0 aromatic carbocycles. The summed E-state index contributed by atoms with van der Waals surface area (Å²) in [5.41, 5.74) is 1.19. The third-order valence-electron chi connectivity index (χ3n) is 4.01. The summed E-state index contributed by atoms with van der Waals surface area (Å²) in [6.07, 6.45) is 0.